The van der Waals surface area contributed by atoms with Crippen LogP contribution in [0.1, 0.15) is 45.7 Å². The molecule has 0 unspecified atom stereocenters. The Kier molecular flexibility index (Phi) is 5.62. The predicted molar refractivity (Wildman–Crippen MR) is 102 cm³/mol. The third-order valence-electron chi connectivity index (χ3n) is 4.68. The van der Waals surface area contributed by atoms with Crippen molar-refractivity contribution >= 4 is 35.0 Å². The fourth-order valence-corrected chi connectivity index (χ4v) is 2.77. The average Bonchev–Trinajstić information content (AvgIpc) is 2.66. The Morgan fingerprint density at radius 3 is 2.38 bits per heavy atom. The minimum atomic E-state index is -0.486. The summed E-state index contributed by atoms with van der Waals surface area (Å²) in [6.45, 7) is 12.0. The second kappa shape index (κ2) is 7.02. The maximum atomic E-state index is 11.4. The highest BCUT2D eigenvalue weighted by atomic mass is 79.9. The number of rotatable bonds is 4. The number of hydrogen-bond donors (Lipinski definition) is 1. The highest BCUT2D eigenvalue weighted by Crippen LogP contribution is 2.38. The van der Waals surface area contributed by atoms with E-state index in [1.807, 2.05) is 45.9 Å². The molecule has 0 saturated carbocycles. The van der Waals surface area contributed by atoms with Crippen molar-refractivity contribution < 1.29 is 14.1 Å². The Hall–Kier alpha value is -1.11. The van der Waals surface area contributed by atoms with E-state index < -0.39 is 18.3 Å². The van der Waals surface area contributed by atoms with Gasteiger partial charge < -0.3 is 14.6 Å². The second-order valence-electron chi connectivity index (χ2n) is 7.22. The molecule has 1 aromatic rings. The Bertz CT molecular complexity index is 654. The predicted octanol–water partition coefficient (Wildman–Crippen LogP) is 3.91. The zero-order chi connectivity index (χ0) is 18.1. The van der Waals surface area contributed by atoms with Crippen molar-refractivity contribution in [2.45, 2.75) is 52.7 Å². The van der Waals surface area contributed by atoms with Crippen LogP contribution in [0, 0.1) is 6.92 Å². The molecular formula is C18H25BBrNO3. The van der Waals surface area contributed by atoms with Gasteiger partial charge in [-0.15, -0.1) is 0 Å². The smallest absolute Gasteiger partial charge is 0.400 e. The van der Waals surface area contributed by atoms with Crippen molar-refractivity contribution in [2.75, 3.05) is 6.54 Å². The first-order valence-electron chi connectivity index (χ1n) is 8.08. The summed E-state index contributed by atoms with van der Waals surface area (Å²) in [5.74, 6) is -0.0802. The summed E-state index contributed by atoms with van der Waals surface area (Å²) >= 11 is 3.51. The van der Waals surface area contributed by atoms with E-state index in [-0.39, 0.29) is 5.91 Å². The van der Waals surface area contributed by atoms with Crippen LogP contribution in [0.4, 0.5) is 0 Å². The molecule has 24 heavy (non-hydrogen) atoms. The molecule has 1 fully saturated rings. The van der Waals surface area contributed by atoms with Crippen LogP contribution in [0.5, 0.6) is 0 Å². The van der Waals surface area contributed by atoms with Crippen LogP contribution in [0.15, 0.2) is 28.1 Å². The summed E-state index contributed by atoms with van der Waals surface area (Å²) in [4.78, 5) is 11.4. The van der Waals surface area contributed by atoms with Crippen molar-refractivity contribution in [3.05, 3.63) is 39.3 Å². The highest BCUT2D eigenvalue weighted by molar-refractivity contribution is 9.10. The van der Waals surface area contributed by atoms with E-state index in [1.165, 1.54) is 6.92 Å². The van der Waals surface area contributed by atoms with Crippen LogP contribution < -0.4 is 5.32 Å². The van der Waals surface area contributed by atoms with Crippen LogP contribution in [0.3, 0.4) is 0 Å². The quantitative estimate of drug-likeness (QED) is 0.789. The summed E-state index contributed by atoms with van der Waals surface area (Å²) in [6, 6.07) is 6.11. The standard InChI is InChI=1S/C18H25BBrNO3/c1-12-7-8-16(20)10-14(12)9-15(11-21-13(2)22)19-23-17(3,4)18(5,6)24-19/h7-10H,11H2,1-6H3,(H,21,22). The number of nitrogens with one attached hydrogen (secondary N) is 1. The number of carbonyl (C=O) groups is 1. The first kappa shape index (κ1) is 19.2. The summed E-state index contributed by atoms with van der Waals surface area (Å²) in [7, 11) is -0.486. The van der Waals surface area contributed by atoms with E-state index in [4.69, 9.17) is 9.31 Å². The molecule has 1 aliphatic rings. The molecule has 0 bridgehead atoms. The lowest BCUT2D eigenvalue weighted by Gasteiger charge is -2.32. The van der Waals surface area contributed by atoms with E-state index in [0.717, 1.165) is 21.1 Å². The lowest BCUT2D eigenvalue weighted by molar-refractivity contribution is -0.118. The van der Waals surface area contributed by atoms with Gasteiger partial charge in [0.15, 0.2) is 0 Å². The molecule has 0 atom stereocenters. The molecule has 1 amide bonds. The van der Waals surface area contributed by atoms with Gasteiger partial charge in [-0.05, 0) is 63.4 Å². The van der Waals surface area contributed by atoms with Gasteiger partial charge in [-0.25, -0.2) is 0 Å². The minimum Gasteiger partial charge on any atom is -0.400 e. The van der Waals surface area contributed by atoms with Crippen LogP contribution in [0.25, 0.3) is 6.08 Å². The molecule has 0 radical (unpaired) electrons. The van der Waals surface area contributed by atoms with Gasteiger partial charge in [0.1, 0.15) is 0 Å². The molecule has 0 aromatic heterocycles. The van der Waals surface area contributed by atoms with Gasteiger partial charge in [-0.3, -0.25) is 4.79 Å². The molecule has 2 rings (SSSR count). The monoisotopic (exact) mass is 393 g/mol. The zero-order valence-electron chi connectivity index (χ0n) is 15.2. The number of benzene rings is 1. The van der Waals surface area contributed by atoms with Crippen LogP contribution >= 0.6 is 15.9 Å². The minimum absolute atomic E-state index is 0.0802. The van der Waals surface area contributed by atoms with Crippen molar-refractivity contribution in [3.8, 4) is 0 Å². The lowest BCUT2D eigenvalue weighted by Crippen LogP contribution is -2.41. The maximum absolute atomic E-state index is 11.4. The molecule has 6 heteroatoms. The summed E-state index contributed by atoms with van der Waals surface area (Å²) in [5.41, 5.74) is 2.28. The topological polar surface area (TPSA) is 47.6 Å². The van der Waals surface area contributed by atoms with Crippen LogP contribution in [-0.4, -0.2) is 30.8 Å². The largest absolute Gasteiger partial charge is 0.492 e. The number of halogens is 1. The summed E-state index contributed by atoms with van der Waals surface area (Å²) in [6.07, 6.45) is 2.04. The fraction of sp³-hybridized carbons (Fsp3) is 0.500. The molecule has 4 nitrogen and oxygen atoms in total. The Balaban J connectivity index is 2.37. The van der Waals surface area contributed by atoms with E-state index in [9.17, 15) is 4.79 Å². The Morgan fingerprint density at radius 2 is 1.83 bits per heavy atom. The van der Waals surface area contributed by atoms with Gasteiger partial charge in [0.05, 0.1) is 11.2 Å². The number of aryl methyl sites for hydroxylation is 1. The average molecular weight is 394 g/mol. The molecule has 130 valence electrons. The second-order valence-corrected chi connectivity index (χ2v) is 8.13. The van der Waals surface area contributed by atoms with E-state index in [1.54, 1.807) is 0 Å². The number of carbonyl (C=O) groups excluding carboxylic acids is 1. The number of hydrogen-bond acceptors (Lipinski definition) is 3. The van der Waals surface area contributed by atoms with Crippen LogP contribution in [0.2, 0.25) is 0 Å². The molecule has 1 saturated heterocycles. The summed E-state index contributed by atoms with van der Waals surface area (Å²) < 4.78 is 13.3. The first-order chi connectivity index (χ1) is 11.0. The van der Waals surface area contributed by atoms with Crippen LogP contribution in [-0.2, 0) is 14.1 Å². The van der Waals surface area contributed by atoms with Crippen molar-refractivity contribution in [1.82, 2.24) is 5.32 Å². The molecule has 1 heterocycles. The molecule has 0 spiro atoms. The Labute approximate surface area is 153 Å². The van der Waals surface area contributed by atoms with E-state index in [2.05, 4.69) is 34.2 Å². The van der Waals surface area contributed by atoms with Gasteiger partial charge in [-0.1, -0.05) is 28.1 Å². The highest BCUT2D eigenvalue weighted by Gasteiger charge is 2.52. The fourth-order valence-electron chi connectivity index (χ4n) is 2.39. The Morgan fingerprint density at radius 1 is 1.25 bits per heavy atom. The molecule has 1 N–H and O–H groups in total. The van der Waals surface area contributed by atoms with E-state index >= 15 is 0 Å². The van der Waals surface area contributed by atoms with Gasteiger partial charge in [0.25, 0.3) is 0 Å². The van der Waals surface area contributed by atoms with Gasteiger partial charge in [0, 0.05) is 17.9 Å². The van der Waals surface area contributed by atoms with Gasteiger partial charge >= 0.3 is 7.12 Å². The molecular weight excluding hydrogens is 369 g/mol. The zero-order valence-corrected chi connectivity index (χ0v) is 16.8. The number of amides is 1. The van der Waals surface area contributed by atoms with Crippen molar-refractivity contribution in [3.63, 3.8) is 0 Å². The SMILES string of the molecule is CC(=O)NCC(=Cc1cc(Br)ccc1C)B1OC(C)(C)C(C)(C)O1. The van der Waals surface area contributed by atoms with Gasteiger partial charge in [0.2, 0.25) is 5.91 Å². The third-order valence-corrected chi connectivity index (χ3v) is 5.17. The third kappa shape index (κ3) is 4.29. The molecule has 1 aromatic carbocycles. The first-order valence-corrected chi connectivity index (χ1v) is 8.88. The van der Waals surface area contributed by atoms with E-state index in [0.29, 0.717) is 6.54 Å². The van der Waals surface area contributed by atoms with Gasteiger partial charge in [-0.2, -0.15) is 0 Å². The van der Waals surface area contributed by atoms with Crippen molar-refractivity contribution in [2.24, 2.45) is 0 Å². The normalized spacial score (nSPS) is 19.5. The maximum Gasteiger partial charge on any atom is 0.492 e. The molecule has 1 aliphatic heterocycles. The lowest BCUT2D eigenvalue weighted by atomic mass is 9.76. The van der Waals surface area contributed by atoms with Crippen molar-refractivity contribution in [1.29, 1.82) is 0 Å². The summed E-state index contributed by atoms with van der Waals surface area (Å²) in [5, 5.41) is 2.85. The molecule has 0 aliphatic carbocycles.